The molecule has 1 N–H and O–H groups in total. The fraction of sp³-hybridized carbons (Fsp3) is 0.316. The third-order valence-corrected chi connectivity index (χ3v) is 5.62. The van der Waals surface area contributed by atoms with E-state index in [1.54, 1.807) is 17.5 Å². The number of pyridine rings is 1. The highest BCUT2D eigenvalue weighted by molar-refractivity contribution is 7.18. The zero-order valence-corrected chi connectivity index (χ0v) is 14.7. The average molecular weight is 352 g/mol. The summed E-state index contributed by atoms with van der Waals surface area (Å²) < 4.78 is 1.18. The minimum Gasteiger partial charge on any atom is -0.333 e. The molecular formula is C19H20N4OS. The van der Waals surface area contributed by atoms with E-state index in [0.717, 1.165) is 35.7 Å². The van der Waals surface area contributed by atoms with Gasteiger partial charge in [-0.3, -0.25) is 9.78 Å². The minimum atomic E-state index is 0.0605. The monoisotopic (exact) mass is 352 g/mol. The van der Waals surface area contributed by atoms with E-state index in [1.807, 2.05) is 41.4 Å². The molecule has 0 radical (unpaired) electrons. The van der Waals surface area contributed by atoms with Gasteiger partial charge in [0.1, 0.15) is 0 Å². The van der Waals surface area contributed by atoms with Crippen LogP contribution < -0.4 is 5.32 Å². The van der Waals surface area contributed by atoms with Crippen molar-refractivity contribution < 1.29 is 4.79 Å². The van der Waals surface area contributed by atoms with E-state index in [9.17, 15) is 4.79 Å². The third kappa shape index (κ3) is 3.55. The summed E-state index contributed by atoms with van der Waals surface area (Å²) in [4.78, 5) is 23.6. The Bertz CT molecular complexity index is 831. The fourth-order valence-electron chi connectivity index (χ4n) is 3.26. The molecule has 1 aliphatic rings. The summed E-state index contributed by atoms with van der Waals surface area (Å²) in [5.74, 6) is 0.189. The van der Waals surface area contributed by atoms with Crippen molar-refractivity contribution in [3.63, 3.8) is 0 Å². The Morgan fingerprint density at radius 3 is 3.04 bits per heavy atom. The van der Waals surface area contributed by atoms with Gasteiger partial charge in [-0.2, -0.15) is 0 Å². The Labute approximate surface area is 150 Å². The highest BCUT2D eigenvalue weighted by Crippen LogP contribution is 2.25. The Morgan fingerprint density at radius 1 is 1.28 bits per heavy atom. The van der Waals surface area contributed by atoms with Crippen LogP contribution in [0.15, 0.2) is 48.8 Å². The van der Waals surface area contributed by atoms with Crippen molar-refractivity contribution in [2.24, 2.45) is 0 Å². The summed E-state index contributed by atoms with van der Waals surface area (Å²) in [6, 6.07) is 12.1. The normalized spacial score (nSPS) is 17.8. The number of nitrogens with one attached hydrogen (secondary N) is 1. The number of amides is 1. The van der Waals surface area contributed by atoms with Gasteiger partial charge in [0.25, 0.3) is 0 Å². The van der Waals surface area contributed by atoms with E-state index in [1.165, 1.54) is 4.70 Å². The molecule has 25 heavy (non-hydrogen) atoms. The van der Waals surface area contributed by atoms with Gasteiger partial charge in [-0.15, -0.1) is 11.3 Å². The summed E-state index contributed by atoms with van der Waals surface area (Å²) in [6.07, 6.45) is 4.81. The lowest BCUT2D eigenvalue weighted by atomic mass is 10.0. The first-order chi connectivity index (χ1) is 12.3. The van der Waals surface area contributed by atoms with Gasteiger partial charge >= 0.3 is 0 Å². The molecule has 1 atom stereocenters. The van der Waals surface area contributed by atoms with Crippen LogP contribution in [0.1, 0.15) is 23.0 Å². The molecule has 2 aromatic heterocycles. The van der Waals surface area contributed by atoms with Gasteiger partial charge in [0.2, 0.25) is 5.91 Å². The highest BCUT2D eigenvalue weighted by Gasteiger charge is 2.27. The van der Waals surface area contributed by atoms with Crippen molar-refractivity contribution in [2.75, 3.05) is 19.6 Å². The average Bonchev–Trinajstić information content (AvgIpc) is 3.10. The van der Waals surface area contributed by atoms with Crippen LogP contribution in [0.2, 0.25) is 0 Å². The van der Waals surface area contributed by atoms with Crippen molar-refractivity contribution in [3.8, 4) is 0 Å². The van der Waals surface area contributed by atoms with Gasteiger partial charge in [0, 0.05) is 44.9 Å². The number of fused-ring (bicyclic) bond motifs is 1. The Morgan fingerprint density at radius 2 is 2.20 bits per heavy atom. The van der Waals surface area contributed by atoms with E-state index in [2.05, 4.69) is 21.4 Å². The smallest absolute Gasteiger partial charge is 0.223 e. The number of hydrogen-bond donors (Lipinski definition) is 1. The fourth-order valence-corrected chi connectivity index (χ4v) is 4.22. The summed E-state index contributed by atoms with van der Waals surface area (Å²) in [5, 5.41) is 4.41. The number of thiazole rings is 1. The summed E-state index contributed by atoms with van der Waals surface area (Å²) in [7, 11) is 0. The van der Waals surface area contributed by atoms with Crippen LogP contribution >= 0.6 is 11.3 Å². The molecule has 1 unspecified atom stereocenters. The maximum Gasteiger partial charge on any atom is 0.223 e. The Hall–Kier alpha value is -2.31. The first kappa shape index (κ1) is 16.2. The molecule has 1 fully saturated rings. The van der Waals surface area contributed by atoms with Gasteiger partial charge < -0.3 is 10.2 Å². The number of hydrogen-bond acceptors (Lipinski definition) is 5. The van der Waals surface area contributed by atoms with Crippen molar-refractivity contribution in [2.45, 2.75) is 18.9 Å². The highest BCUT2D eigenvalue weighted by atomic mass is 32.1. The molecule has 0 saturated carbocycles. The number of rotatable bonds is 4. The summed E-state index contributed by atoms with van der Waals surface area (Å²) in [5.41, 5.74) is 2.10. The first-order valence-corrected chi connectivity index (χ1v) is 9.37. The second-order valence-electron chi connectivity index (χ2n) is 6.17. The lowest BCUT2D eigenvalue weighted by Crippen LogP contribution is -2.48. The topological polar surface area (TPSA) is 58.1 Å². The SMILES string of the molecule is O=C(CCc1nc2ccccc2s1)N1CCNCC1c1cccnc1. The van der Waals surface area contributed by atoms with Crippen LogP contribution in [0, 0.1) is 0 Å². The van der Waals surface area contributed by atoms with E-state index >= 15 is 0 Å². The van der Waals surface area contributed by atoms with Crippen LogP contribution in [0.25, 0.3) is 10.2 Å². The zero-order valence-electron chi connectivity index (χ0n) is 13.9. The largest absolute Gasteiger partial charge is 0.333 e. The number of para-hydroxylation sites is 1. The number of nitrogens with zero attached hydrogens (tertiary/aromatic N) is 3. The molecule has 4 rings (SSSR count). The maximum atomic E-state index is 12.8. The lowest BCUT2D eigenvalue weighted by Gasteiger charge is -2.36. The van der Waals surface area contributed by atoms with Crippen molar-refractivity contribution in [1.29, 1.82) is 0 Å². The molecule has 1 saturated heterocycles. The maximum absolute atomic E-state index is 12.8. The molecule has 3 aromatic rings. The predicted octanol–water partition coefficient (Wildman–Crippen LogP) is 2.80. The number of piperazine rings is 1. The lowest BCUT2D eigenvalue weighted by molar-refractivity contribution is -0.134. The van der Waals surface area contributed by atoms with Gasteiger partial charge in [0.15, 0.2) is 0 Å². The molecular weight excluding hydrogens is 332 g/mol. The van der Waals surface area contributed by atoms with Crippen LogP contribution in [0.5, 0.6) is 0 Å². The van der Waals surface area contributed by atoms with Crippen molar-refractivity contribution >= 4 is 27.5 Å². The molecule has 1 amide bonds. The summed E-state index contributed by atoms with van der Waals surface area (Å²) >= 11 is 1.68. The number of aromatic nitrogens is 2. The van der Waals surface area contributed by atoms with Crippen LogP contribution in [-0.2, 0) is 11.2 Å². The molecule has 6 heteroatoms. The number of carbonyl (C=O) groups excluding carboxylic acids is 1. The van der Waals surface area contributed by atoms with Gasteiger partial charge in [0.05, 0.1) is 21.3 Å². The van der Waals surface area contributed by atoms with E-state index < -0.39 is 0 Å². The molecule has 128 valence electrons. The predicted molar refractivity (Wildman–Crippen MR) is 99.5 cm³/mol. The van der Waals surface area contributed by atoms with Gasteiger partial charge in [-0.25, -0.2) is 4.98 Å². The first-order valence-electron chi connectivity index (χ1n) is 8.56. The van der Waals surface area contributed by atoms with Crippen LogP contribution in [-0.4, -0.2) is 40.4 Å². The molecule has 0 spiro atoms. The van der Waals surface area contributed by atoms with Crippen LogP contribution in [0.3, 0.4) is 0 Å². The standard InChI is InChI=1S/C19H20N4OS/c24-19(8-7-18-22-15-5-1-2-6-17(15)25-18)23-11-10-21-13-16(23)14-4-3-9-20-12-14/h1-6,9,12,16,21H,7-8,10-11,13H2. The van der Waals surface area contributed by atoms with Crippen molar-refractivity contribution in [1.82, 2.24) is 20.2 Å². The van der Waals surface area contributed by atoms with E-state index in [-0.39, 0.29) is 11.9 Å². The van der Waals surface area contributed by atoms with Gasteiger partial charge in [-0.1, -0.05) is 18.2 Å². The van der Waals surface area contributed by atoms with E-state index in [0.29, 0.717) is 12.8 Å². The Balaban J connectivity index is 1.45. The second-order valence-corrected chi connectivity index (χ2v) is 7.28. The third-order valence-electron chi connectivity index (χ3n) is 4.52. The van der Waals surface area contributed by atoms with E-state index in [4.69, 9.17) is 0 Å². The number of benzene rings is 1. The molecule has 5 nitrogen and oxygen atoms in total. The minimum absolute atomic E-state index is 0.0605. The second kappa shape index (κ2) is 7.29. The Kier molecular flexibility index (Phi) is 4.72. The molecule has 1 aromatic carbocycles. The molecule has 3 heterocycles. The quantitative estimate of drug-likeness (QED) is 0.784. The number of carbonyl (C=O) groups is 1. The van der Waals surface area contributed by atoms with Crippen molar-refractivity contribution in [3.05, 3.63) is 59.4 Å². The zero-order chi connectivity index (χ0) is 17.1. The van der Waals surface area contributed by atoms with Crippen LogP contribution in [0.4, 0.5) is 0 Å². The molecule has 0 bridgehead atoms. The molecule has 1 aliphatic heterocycles. The molecule has 0 aliphatic carbocycles. The van der Waals surface area contributed by atoms with Gasteiger partial charge in [-0.05, 0) is 23.8 Å². The number of aryl methyl sites for hydroxylation is 1. The summed E-state index contributed by atoms with van der Waals surface area (Å²) in [6.45, 7) is 2.35.